The first-order chi connectivity index (χ1) is 14.8. The lowest BCUT2D eigenvalue weighted by Gasteiger charge is -2.13. The molecule has 0 atom stereocenters. The van der Waals surface area contributed by atoms with Gasteiger partial charge in [0.1, 0.15) is 17.3 Å². The van der Waals surface area contributed by atoms with Gasteiger partial charge in [0.05, 0.1) is 36.1 Å². The molecule has 0 radical (unpaired) electrons. The summed E-state index contributed by atoms with van der Waals surface area (Å²) in [5, 5.41) is 7.32. The Hall–Kier alpha value is -3.33. The molecule has 1 aliphatic heterocycles. The normalized spacial score (nSPS) is 14.3. The molecule has 0 saturated carbocycles. The van der Waals surface area contributed by atoms with Gasteiger partial charge in [0.25, 0.3) is 5.91 Å². The summed E-state index contributed by atoms with van der Waals surface area (Å²) in [5.74, 6) is 1.04. The molecule has 3 aromatic rings. The average molecular weight is 442 g/mol. The second-order valence-corrected chi connectivity index (χ2v) is 9.63. The van der Waals surface area contributed by atoms with E-state index in [1.54, 1.807) is 60.3 Å². The Morgan fingerprint density at radius 1 is 1.03 bits per heavy atom. The Labute approximate surface area is 180 Å². The zero-order valence-electron chi connectivity index (χ0n) is 17.5. The van der Waals surface area contributed by atoms with Crippen molar-refractivity contribution < 1.29 is 22.7 Å². The third-order valence-electron chi connectivity index (χ3n) is 4.82. The molecule has 8 nitrogen and oxygen atoms in total. The molecule has 2 heterocycles. The number of nitrogens with zero attached hydrogens (tertiary/aromatic N) is 2. The summed E-state index contributed by atoms with van der Waals surface area (Å²) in [6.45, 7) is 3.85. The highest BCUT2D eigenvalue weighted by molar-refractivity contribution is 7.90. The summed E-state index contributed by atoms with van der Waals surface area (Å²) in [6, 6.07) is 13.9. The topological polar surface area (TPSA) is 99.5 Å². The number of hydrogen-bond donors (Lipinski definition) is 1. The molecular weight excluding hydrogens is 418 g/mol. The number of carbonyl (C=O) groups excluding carboxylic acids is 1. The SMILES string of the molecule is COc1ccc(-n2nc3c(c2NC(=O)c2ccc(OC(C)C)cc2)CS(=O)(=O)C3)cc1. The van der Waals surface area contributed by atoms with Crippen LogP contribution in [0.1, 0.15) is 35.5 Å². The van der Waals surface area contributed by atoms with Gasteiger partial charge in [-0.1, -0.05) is 0 Å². The average Bonchev–Trinajstić information content (AvgIpc) is 3.20. The van der Waals surface area contributed by atoms with Gasteiger partial charge < -0.3 is 14.8 Å². The van der Waals surface area contributed by atoms with Gasteiger partial charge in [0.15, 0.2) is 9.84 Å². The van der Waals surface area contributed by atoms with E-state index in [1.807, 2.05) is 13.8 Å². The van der Waals surface area contributed by atoms with E-state index in [9.17, 15) is 13.2 Å². The number of ether oxygens (including phenoxy) is 2. The van der Waals surface area contributed by atoms with Gasteiger partial charge in [-0.3, -0.25) is 4.79 Å². The van der Waals surface area contributed by atoms with Crippen molar-refractivity contribution in [1.82, 2.24) is 9.78 Å². The van der Waals surface area contributed by atoms with Crippen LogP contribution in [0, 0.1) is 0 Å². The monoisotopic (exact) mass is 441 g/mol. The van der Waals surface area contributed by atoms with Crippen molar-refractivity contribution in [3.63, 3.8) is 0 Å². The van der Waals surface area contributed by atoms with E-state index in [0.29, 0.717) is 39.8 Å². The number of benzene rings is 2. The summed E-state index contributed by atoms with van der Waals surface area (Å²) < 4.78 is 36.6. The van der Waals surface area contributed by atoms with Crippen molar-refractivity contribution in [3.8, 4) is 17.2 Å². The highest BCUT2D eigenvalue weighted by atomic mass is 32.2. The van der Waals surface area contributed by atoms with Crippen molar-refractivity contribution in [2.45, 2.75) is 31.5 Å². The maximum atomic E-state index is 12.9. The Kier molecular flexibility index (Phi) is 5.45. The van der Waals surface area contributed by atoms with Crippen LogP contribution in [-0.4, -0.2) is 37.3 Å². The number of nitrogens with one attached hydrogen (secondary N) is 1. The fourth-order valence-electron chi connectivity index (χ4n) is 3.42. The maximum absolute atomic E-state index is 12.9. The van der Waals surface area contributed by atoms with E-state index in [2.05, 4.69) is 10.4 Å². The summed E-state index contributed by atoms with van der Waals surface area (Å²) in [4.78, 5) is 12.9. The van der Waals surface area contributed by atoms with Crippen LogP contribution in [-0.2, 0) is 21.3 Å². The van der Waals surface area contributed by atoms with E-state index in [1.165, 1.54) is 0 Å². The Balaban J connectivity index is 1.67. The minimum atomic E-state index is -3.28. The molecule has 0 spiro atoms. The molecule has 1 amide bonds. The van der Waals surface area contributed by atoms with Crippen molar-refractivity contribution in [3.05, 3.63) is 65.4 Å². The Morgan fingerprint density at radius 3 is 2.29 bits per heavy atom. The van der Waals surface area contributed by atoms with Crippen LogP contribution in [0.5, 0.6) is 11.5 Å². The molecule has 1 aromatic heterocycles. The largest absolute Gasteiger partial charge is 0.497 e. The van der Waals surface area contributed by atoms with E-state index in [0.717, 1.165) is 0 Å². The van der Waals surface area contributed by atoms with Crippen LogP contribution in [0.4, 0.5) is 5.82 Å². The molecule has 0 fully saturated rings. The lowest BCUT2D eigenvalue weighted by atomic mass is 10.2. The quantitative estimate of drug-likeness (QED) is 0.630. The number of sulfone groups is 1. The smallest absolute Gasteiger partial charge is 0.256 e. The van der Waals surface area contributed by atoms with E-state index in [4.69, 9.17) is 9.47 Å². The van der Waals surface area contributed by atoms with Gasteiger partial charge in [0.2, 0.25) is 0 Å². The number of anilines is 1. The summed E-state index contributed by atoms with van der Waals surface area (Å²) in [7, 11) is -1.70. The lowest BCUT2D eigenvalue weighted by molar-refractivity contribution is 0.102. The third-order valence-corrected chi connectivity index (χ3v) is 6.27. The maximum Gasteiger partial charge on any atom is 0.256 e. The first-order valence-corrected chi connectivity index (χ1v) is 11.6. The van der Waals surface area contributed by atoms with Crippen molar-refractivity contribution in [1.29, 1.82) is 0 Å². The summed E-state index contributed by atoms with van der Waals surface area (Å²) in [6.07, 6.45) is 0.0306. The molecule has 162 valence electrons. The third kappa shape index (κ3) is 4.41. The van der Waals surface area contributed by atoms with E-state index < -0.39 is 9.84 Å². The number of methoxy groups -OCH3 is 1. The van der Waals surface area contributed by atoms with E-state index in [-0.39, 0.29) is 23.5 Å². The first-order valence-electron chi connectivity index (χ1n) is 9.79. The predicted octanol–water partition coefficient (Wildman–Crippen LogP) is 3.35. The summed E-state index contributed by atoms with van der Waals surface area (Å²) >= 11 is 0. The van der Waals surface area contributed by atoms with Gasteiger partial charge in [-0.15, -0.1) is 0 Å². The van der Waals surface area contributed by atoms with Crippen molar-refractivity contribution >= 4 is 21.6 Å². The van der Waals surface area contributed by atoms with Crippen LogP contribution in [0.25, 0.3) is 5.69 Å². The number of amides is 1. The molecule has 0 unspecified atom stereocenters. The zero-order chi connectivity index (χ0) is 22.2. The predicted molar refractivity (Wildman–Crippen MR) is 117 cm³/mol. The van der Waals surface area contributed by atoms with Crippen molar-refractivity contribution in [2.75, 3.05) is 12.4 Å². The van der Waals surface area contributed by atoms with Crippen LogP contribution in [0.15, 0.2) is 48.5 Å². The first kappa shape index (κ1) is 20.9. The highest BCUT2D eigenvalue weighted by Crippen LogP contribution is 2.33. The minimum absolute atomic E-state index is 0.0306. The van der Waals surface area contributed by atoms with Gasteiger partial charge >= 0.3 is 0 Å². The molecule has 1 N–H and O–H groups in total. The molecule has 1 aliphatic rings. The molecular formula is C22H23N3O5S. The Morgan fingerprint density at radius 2 is 1.68 bits per heavy atom. The fraction of sp³-hybridized carbons (Fsp3) is 0.273. The van der Waals surface area contributed by atoms with Crippen LogP contribution in [0.2, 0.25) is 0 Å². The fourth-order valence-corrected chi connectivity index (χ4v) is 4.91. The van der Waals surface area contributed by atoms with Crippen molar-refractivity contribution in [2.24, 2.45) is 0 Å². The molecule has 31 heavy (non-hydrogen) atoms. The molecule has 9 heteroatoms. The van der Waals surface area contributed by atoms with Crippen LogP contribution >= 0.6 is 0 Å². The highest BCUT2D eigenvalue weighted by Gasteiger charge is 2.33. The minimum Gasteiger partial charge on any atom is -0.497 e. The number of carbonyl (C=O) groups is 1. The molecule has 0 aliphatic carbocycles. The van der Waals surface area contributed by atoms with E-state index >= 15 is 0 Å². The van der Waals surface area contributed by atoms with Gasteiger partial charge in [0, 0.05) is 11.1 Å². The second kappa shape index (κ2) is 8.07. The number of fused-ring (bicyclic) bond motifs is 1. The van der Waals surface area contributed by atoms with Gasteiger partial charge in [-0.2, -0.15) is 5.10 Å². The van der Waals surface area contributed by atoms with Crippen LogP contribution < -0.4 is 14.8 Å². The number of hydrogen-bond acceptors (Lipinski definition) is 6. The second-order valence-electron chi connectivity index (χ2n) is 7.56. The standard InChI is InChI=1S/C22H23N3O5S/c1-14(2)30-18-8-4-15(5-9-18)22(26)23-21-19-12-31(27,28)13-20(19)24-25(21)16-6-10-17(29-3)11-7-16/h4-11,14H,12-13H2,1-3H3,(H,23,26). The molecule has 0 saturated heterocycles. The molecule has 4 rings (SSSR count). The number of aromatic nitrogens is 2. The summed E-state index contributed by atoms with van der Waals surface area (Å²) in [5.41, 5.74) is 2.08. The molecule has 0 bridgehead atoms. The molecule has 2 aromatic carbocycles. The number of rotatable bonds is 6. The lowest BCUT2D eigenvalue weighted by Crippen LogP contribution is -2.17. The van der Waals surface area contributed by atoms with Gasteiger partial charge in [-0.05, 0) is 62.4 Å². The van der Waals surface area contributed by atoms with Gasteiger partial charge in [-0.25, -0.2) is 13.1 Å². The van der Waals surface area contributed by atoms with Crippen LogP contribution in [0.3, 0.4) is 0 Å². The Bertz CT molecular complexity index is 1210. The zero-order valence-corrected chi connectivity index (χ0v) is 18.3.